The lowest BCUT2D eigenvalue weighted by Crippen LogP contribution is -2.25. The summed E-state index contributed by atoms with van der Waals surface area (Å²) in [5.74, 6) is 0.708. The molecule has 1 amide bonds. The van der Waals surface area contributed by atoms with Gasteiger partial charge in [0.25, 0.3) is 5.91 Å². The fraction of sp³-hybridized carbons (Fsp3) is 0.333. The number of hydrogen-bond acceptors (Lipinski definition) is 5. The molecule has 0 aliphatic heterocycles. The van der Waals surface area contributed by atoms with Gasteiger partial charge in [0.05, 0.1) is 6.20 Å². The molecule has 2 aromatic heterocycles. The summed E-state index contributed by atoms with van der Waals surface area (Å²) in [6, 6.07) is 3.94. The Balaban J connectivity index is 1.93. The lowest BCUT2D eigenvalue weighted by molar-refractivity contribution is 0.0945. The maximum atomic E-state index is 11.8. The highest BCUT2D eigenvalue weighted by molar-refractivity contribution is 5.91. The van der Waals surface area contributed by atoms with Crippen molar-refractivity contribution in [3.05, 3.63) is 48.2 Å². The zero-order valence-corrected chi connectivity index (χ0v) is 12.3. The number of amides is 1. The quantitative estimate of drug-likeness (QED) is 0.873. The van der Waals surface area contributed by atoms with Crippen molar-refractivity contribution < 1.29 is 4.79 Å². The molecule has 0 aliphatic carbocycles. The van der Waals surface area contributed by atoms with E-state index in [0.717, 1.165) is 24.5 Å². The van der Waals surface area contributed by atoms with Crippen molar-refractivity contribution in [2.75, 3.05) is 18.0 Å². The van der Waals surface area contributed by atoms with Crippen LogP contribution in [0.25, 0.3) is 0 Å². The molecule has 0 radical (unpaired) electrons. The van der Waals surface area contributed by atoms with Gasteiger partial charge in [0.15, 0.2) is 0 Å². The average Bonchev–Trinajstić information content (AvgIpc) is 2.55. The third kappa shape index (κ3) is 3.98. The Bertz CT molecular complexity index is 566. The molecule has 21 heavy (non-hydrogen) atoms. The summed E-state index contributed by atoms with van der Waals surface area (Å²) in [5, 5.41) is 2.80. The third-order valence-electron chi connectivity index (χ3n) is 3.15. The van der Waals surface area contributed by atoms with E-state index in [-0.39, 0.29) is 5.91 Å². The number of nitrogens with zero attached hydrogens (tertiary/aromatic N) is 4. The Hall–Kier alpha value is -2.50. The highest BCUT2D eigenvalue weighted by Crippen LogP contribution is 2.10. The van der Waals surface area contributed by atoms with E-state index in [1.165, 1.54) is 18.6 Å². The van der Waals surface area contributed by atoms with Gasteiger partial charge in [-0.1, -0.05) is 6.07 Å². The van der Waals surface area contributed by atoms with Crippen molar-refractivity contribution in [2.45, 2.75) is 20.4 Å². The SMILES string of the molecule is CCN(CC)c1ccc(CNC(=O)c2cnccn2)cn1. The minimum absolute atomic E-state index is 0.240. The van der Waals surface area contributed by atoms with Crippen molar-refractivity contribution in [3.63, 3.8) is 0 Å². The van der Waals surface area contributed by atoms with Gasteiger partial charge in [-0.3, -0.25) is 9.78 Å². The lowest BCUT2D eigenvalue weighted by Gasteiger charge is -2.19. The fourth-order valence-corrected chi connectivity index (χ4v) is 1.95. The molecule has 0 atom stereocenters. The van der Waals surface area contributed by atoms with Crippen LogP contribution in [-0.4, -0.2) is 33.9 Å². The minimum atomic E-state index is -0.240. The van der Waals surface area contributed by atoms with Gasteiger partial charge in [-0.15, -0.1) is 0 Å². The van der Waals surface area contributed by atoms with Crippen LogP contribution in [0.4, 0.5) is 5.82 Å². The summed E-state index contributed by atoms with van der Waals surface area (Å²) in [4.78, 5) is 26.3. The Kier molecular flexibility index (Phi) is 5.20. The Labute approximate surface area is 124 Å². The number of carbonyl (C=O) groups is 1. The molecule has 110 valence electrons. The predicted molar refractivity (Wildman–Crippen MR) is 81.0 cm³/mol. The van der Waals surface area contributed by atoms with E-state index in [0.29, 0.717) is 12.2 Å². The fourth-order valence-electron chi connectivity index (χ4n) is 1.95. The number of hydrogen-bond donors (Lipinski definition) is 1. The number of aromatic nitrogens is 3. The van der Waals surface area contributed by atoms with Crippen LogP contribution < -0.4 is 10.2 Å². The largest absolute Gasteiger partial charge is 0.357 e. The van der Waals surface area contributed by atoms with Crippen LogP contribution >= 0.6 is 0 Å². The molecule has 0 unspecified atom stereocenters. The summed E-state index contributed by atoms with van der Waals surface area (Å²) >= 11 is 0. The van der Waals surface area contributed by atoms with E-state index in [4.69, 9.17) is 0 Å². The second-order valence-electron chi connectivity index (χ2n) is 4.47. The van der Waals surface area contributed by atoms with Gasteiger partial charge in [-0.05, 0) is 25.5 Å². The monoisotopic (exact) mass is 285 g/mol. The van der Waals surface area contributed by atoms with Gasteiger partial charge in [0.2, 0.25) is 0 Å². The zero-order chi connectivity index (χ0) is 15.1. The maximum absolute atomic E-state index is 11.8. The predicted octanol–water partition coefficient (Wildman–Crippen LogP) is 1.65. The van der Waals surface area contributed by atoms with E-state index in [1.54, 1.807) is 6.20 Å². The van der Waals surface area contributed by atoms with Crippen LogP contribution in [0.15, 0.2) is 36.9 Å². The number of pyridine rings is 1. The first-order valence-electron chi connectivity index (χ1n) is 6.98. The molecule has 1 N–H and O–H groups in total. The molecule has 0 bridgehead atoms. The van der Waals surface area contributed by atoms with Crippen molar-refractivity contribution in [1.82, 2.24) is 20.3 Å². The molecule has 0 aliphatic rings. The Morgan fingerprint density at radius 2 is 1.95 bits per heavy atom. The van der Waals surface area contributed by atoms with Crippen molar-refractivity contribution in [2.24, 2.45) is 0 Å². The van der Waals surface area contributed by atoms with Crippen LogP contribution in [0, 0.1) is 0 Å². The summed E-state index contributed by atoms with van der Waals surface area (Å²) in [7, 11) is 0. The molecular weight excluding hydrogens is 266 g/mol. The minimum Gasteiger partial charge on any atom is -0.357 e. The van der Waals surface area contributed by atoms with E-state index in [2.05, 4.69) is 39.0 Å². The smallest absolute Gasteiger partial charge is 0.271 e. The van der Waals surface area contributed by atoms with Gasteiger partial charge in [-0.2, -0.15) is 0 Å². The number of carbonyl (C=O) groups excluding carboxylic acids is 1. The van der Waals surface area contributed by atoms with Crippen LogP contribution in [0.5, 0.6) is 0 Å². The first-order chi connectivity index (χ1) is 10.2. The molecule has 0 fully saturated rings. The Morgan fingerprint density at radius 1 is 1.14 bits per heavy atom. The summed E-state index contributed by atoms with van der Waals surface area (Å²) in [6.45, 7) is 6.46. The van der Waals surface area contributed by atoms with E-state index >= 15 is 0 Å². The van der Waals surface area contributed by atoms with E-state index in [1.807, 2.05) is 12.1 Å². The van der Waals surface area contributed by atoms with Crippen molar-refractivity contribution >= 4 is 11.7 Å². The molecule has 0 saturated carbocycles. The average molecular weight is 285 g/mol. The summed E-state index contributed by atoms with van der Waals surface area (Å²) in [5.41, 5.74) is 1.26. The summed E-state index contributed by atoms with van der Waals surface area (Å²) in [6.07, 6.45) is 6.25. The van der Waals surface area contributed by atoms with Gasteiger partial charge in [-0.25, -0.2) is 9.97 Å². The highest BCUT2D eigenvalue weighted by Gasteiger charge is 2.07. The second-order valence-corrected chi connectivity index (χ2v) is 4.47. The normalized spacial score (nSPS) is 10.2. The molecule has 0 aromatic carbocycles. The number of nitrogens with one attached hydrogen (secondary N) is 1. The number of anilines is 1. The third-order valence-corrected chi connectivity index (χ3v) is 3.15. The van der Waals surface area contributed by atoms with Gasteiger partial charge < -0.3 is 10.2 Å². The molecule has 2 heterocycles. The Morgan fingerprint density at radius 3 is 2.52 bits per heavy atom. The van der Waals surface area contributed by atoms with Crippen molar-refractivity contribution in [1.29, 1.82) is 0 Å². The van der Waals surface area contributed by atoms with E-state index in [9.17, 15) is 4.79 Å². The molecule has 2 aromatic rings. The highest BCUT2D eigenvalue weighted by atomic mass is 16.1. The second kappa shape index (κ2) is 7.33. The van der Waals surface area contributed by atoms with Gasteiger partial charge >= 0.3 is 0 Å². The maximum Gasteiger partial charge on any atom is 0.271 e. The molecule has 6 heteroatoms. The topological polar surface area (TPSA) is 71.0 Å². The van der Waals surface area contributed by atoms with Crippen molar-refractivity contribution in [3.8, 4) is 0 Å². The van der Waals surface area contributed by atoms with Crippen LogP contribution in [0.3, 0.4) is 0 Å². The molecule has 0 spiro atoms. The molecule has 0 saturated heterocycles. The zero-order valence-electron chi connectivity index (χ0n) is 12.3. The molecule has 6 nitrogen and oxygen atoms in total. The van der Waals surface area contributed by atoms with Crippen LogP contribution in [-0.2, 0) is 6.54 Å². The van der Waals surface area contributed by atoms with Crippen LogP contribution in [0.1, 0.15) is 29.9 Å². The number of rotatable bonds is 6. The standard InChI is InChI=1S/C15H19N5O/c1-3-20(4-2)14-6-5-12(9-18-14)10-19-15(21)13-11-16-7-8-17-13/h5-9,11H,3-4,10H2,1-2H3,(H,19,21). The van der Waals surface area contributed by atoms with E-state index < -0.39 is 0 Å². The summed E-state index contributed by atoms with van der Waals surface area (Å²) < 4.78 is 0. The van der Waals surface area contributed by atoms with Gasteiger partial charge in [0, 0.05) is 38.2 Å². The first kappa shape index (κ1) is 14.9. The molecular formula is C15H19N5O. The van der Waals surface area contributed by atoms with Crippen LogP contribution in [0.2, 0.25) is 0 Å². The van der Waals surface area contributed by atoms with Gasteiger partial charge in [0.1, 0.15) is 11.5 Å². The first-order valence-corrected chi connectivity index (χ1v) is 6.98. The lowest BCUT2D eigenvalue weighted by atomic mass is 10.2. The molecule has 2 rings (SSSR count).